The number of piperidine rings is 1. The minimum absolute atomic E-state index is 0.201. The van der Waals surface area contributed by atoms with Crippen LogP contribution in [0.5, 0.6) is 5.88 Å². The molecule has 0 amide bonds. The maximum atomic E-state index is 14.5. The van der Waals surface area contributed by atoms with Crippen LogP contribution in [0.1, 0.15) is 24.8 Å². The Kier molecular flexibility index (Phi) is 6.75. The first-order valence-electron chi connectivity index (χ1n) is 8.99. The number of nitrogens with zero attached hydrogens (tertiary/aromatic N) is 2. The molecule has 2 aromatic rings. The van der Waals surface area contributed by atoms with E-state index in [0.29, 0.717) is 39.8 Å². The highest BCUT2D eigenvalue weighted by molar-refractivity contribution is 6.35. The normalized spacial score (nSPS) is 15.6. The van der Waals surface area contributed by atoms with Crippen molar-refractivity contribution in [2.75, 3.05) is 20.2 Å². The van der Waals surface area contributed by atoms with Gasteiger partial charge in [0.1, 0.15) is 0 Å². The molecule has 28 heavy (non-hydrogen) atoms. The number of halogens is 3. The molecule has 150 valence electrons. The van der Waals surface area contributed by atoms with Gasteiger partial charge in [0.2, 0.25) is 5.88 Å². The van der Waals surface area contributed by atoms with Crippen LogP contribution in [0.4, 0.5) is 4.39 Å². The highest BCUT2D eigenvalue weighted by Crippen LogP contribution is 2.31. The van der Waals surface area contributed by atoms with Crippen LogP contribution in [0.15, 0.2) is 24.3 Å². The van der Waals surface area contributed by atoms with E-state index < -0.39 is 11.7 Å². The third kappa shape index (κ3) is 5.13. The lowest BCUT2D eigenvalue weighted by Crippen LogP contribution is -2.34. The van der Waals surface area contributed by atoms with Crippen LogP contribution in [0.25, 0.3) is 11.3 Å². The Bertz CT molecular complexity index is 851. The van der Waals surface area contributed by atoms with Gasteiger partial charge in [0.05, 0.1) is 12.8 Å². The molecule has 2 heterocycles. The van der Waals surface area contributed by atoms with Crippen molar-refractivity contribution in [2.24, 2.45) is 5.92 Å². The zero-order valence-corrected chi connectivity index (χ0v) is 16.9. The standard InChI is InChI=1S/C20H21Cl2FN2O3/c1-28-18(26)6-12-2-4-25(5-3-12)11-14-9-17(24-20(27)19(14)23)13-7-15(21)10-16(22)8-13/h7-10,12H,2-6,11H2,1H3,(H,24,27). The van der Waals surface area contributed by atoms with Crippen LogP contribution < -0.4 is 0 Å². The Morgan fingerprint density at radius 1 is 1.25 bits per heavy atom. The van der Waals surface area contributed by atoms with Crippen LogP contribution in [-0.2, 0) is 16.1 Å². The van der Waals surface area contributed by atoms with Crippen LogP contribution in [-0.4, -0.2) is 41.2 Å². The van der Waals surface area contributed by atoms with Gasteiger partial charge in [-0.05, 0) is 56.1 Å². The summed E-state index contributed by atoms with van der Waals surface area (Å²) in [6.45, 7) is 1.82. The van der Waals surface area contributed by atoms with E-state index in [0.717, 1.165) is 25.9 Å². The summed E-state index contributed by atoms with van der Waals surface area (Å²) in [5.74, 6) is -1.30. The van der Waals surface area contributed by atoms with Crippen molar-refractivity contribution in [2.45, 2.75) is 25.8 Å². The van der Waals surface area contributed by atoms with Crippen molar-refractivity contribution in [3.8, 4) is 17.1 Å². The first-order chi connectivity index (χ1) is 13.4. The number of pyridine rings is 1. The highest BCUT2D eigenvalue weighted by atomic mass is 35.5. The lowest BCUT2D eigenvalue weighted by molar-refractivity contribution is -0.142. The molecular weight excluding hydrogens is 406 g/mol. The van der Waals surface area contributed by atoms with E-state index in [1.54, 1.807) is 24.3 Å². The number of benzene rings is 1. The van der Waals surface area contributed by atoms with E-state index in [1.165, 1.54) is 7.11 Å². The maximum Gasteiger partial charge on any atom is 0.305 e. The number of carbonyl (C=O) groups excluding carboxylic acids is 1. The molecule has 1 aromatic carbocycles. The van der Waals surface area contributed by atoms with Gasteiger partial charge in [-0.3, -0.25) is 9.69 Å². The van der Waals surface area contributed by atoms with Crippen molar-refractivity contribution < 1.29 is 19.0 Å². The van der Waals surface area contributed by atoms with E-state index >= 15 is 0 Å². The van der Waals surface area contributed by atoms with Crippen molar-refractivity contribution in [3.63, 3.8) is 0 Å². The number of hydrogen-bond acceptors (Lipinski definition) is 5. The molecule has 0 radical (unpaired) electrons. The SMILES string of the molecule is COC(=O)CC1CCN(Cc2cc(-c3cc(Cl)cc(Cl)c3)nc(O)c2F)CC1. The zero-order chi connectivity index (χ0) is 20.3. The smallest absolute Gasteiger partial charge is 0.305 e. The Hall–Kier alpha value is -1.89. The molecule has 5 nitrogen and oxygen atoms in total. The second kappa shape index (κ2) is 9.07. The monoisotopic (exact) mass is 426 g/mol. The van der Waals surface area contributed by atoms with Gasteiger partial charge in [-0.2, -0.15) is 0 Å². The molecule has 1 N–H and O–H groups in total. The van der Waals surface area contributed by atoms with Gasteiger partial charge < -0.3 is 9.84 Å². The van der Waals surface area contributed by atoms with Crippen molar-refractivity contribution >= 4 is 29.2 Å². The van der Waals surface area contributed by atoms with E-state index in [1.807, 2.05) is 0 Å². The van der Waals surface area contributed by atoms with Gasteiger partial charge in [0.15, 0.2) is 5.82 Å². The largest absolute Gasteiger partial charge is 0.491 e. The summed E-state index contributed by atoms with van der Waals surface area (Å²) in [5.41, 5.74) is 1.36. The summed E-state index contributed by atoms with van der Waals surface area (Å²) in [7, 11) is 1.39. The number of likely N-dealkylation sites (tertiary alicyclic amines) is 1. The lowest BCUT2D eigenvalue weighted by atomic mass is 9.93. The molecule has 0 spiro atoms. The second-order valence-corrected chi connectivity index (χ2v) is 7.83. The van der Waals surface area contributed by atoms with E-state index in [2.05, 4.69) is 9.88 Å². The average Bonchev–Trinajstić information content (AvgIpc) is 2.65. The van der Waals surface area contributed by atoms with Crippen molar-refractivity contribution in [1.82, 2.24) is 9.88 Å². The molecule has 0 unspecified atom stereocenters. The predicted octanol–water partition coefficient (Wildman–Crippen LogP) is 4.68. The number of methoxy groups -OCH3 is 1. The Labute approximate surface area is 173 Å². The van der Waals surface area contributed by atoms with Crippen molar-refractivity contribution in [1.29, 1.82) is 0 Å². The fraction of sp³-hybridized carbons (Fsp3) is 0.400. The summed E-state index contributed by atoms with van der Waals surface area (Å²) >= 11 is 12.1. The molecule has 0 bridgehead atoms. The summed E-state index contributed by atoms with van der Waals surface area (Å²) in [6, 6.07) is 6.53. The number of aromatic hydroxyl groups is 1. The number of hydrogen-bond donors (Lipinski definition) is 1. The molecule has 1 aliphatic rings. The predicted molar refractivity (Wildman–Crippen MR) is 106 cm³/mol. The quantitative estimate of drug-likeness (QED) is 0.703. The minimum atomic E-state index is -0.728. The van der Waals surface area contributed by atoms with Gasteiger partial charge in [0, 0.05) is 34.1 Å². The number of ether oxygens (including phenoxy) is 1. The average molecular weight is 427 g/mol. The summed E-state index contributed by atoms with van der Waals surface area (Å²) in [4.78, 5) is 17.4. The van der Waals surface area contributed by atoms with Gasteiger partial charge in [-0.15, -0.1) is 0 Å². The van der Waals surface area contributed by atoms with Gasteiger partial charge in [0.25, 0.3) is 0 Å². The number of rotatable bonds is 5. The van der Waals surface area contributed by atoms with Crippen LogP contribution >= 0.6 is 23.2 Å². The molecule has 0 aliphatic carbocycles. The fourth-order valence-corrected chi connectivity index (χ4v) is 3.97. The number of aromatic nitrogens is 1. The minimum Gasteiger partial charge on any atom is -0.491 e. The van der Waals surface area contributed by atoms with Crippen LogP contribution in [0.3, 0.4) is 0 Å². The summed E-state index contributed by atoms with van der Waals surface area (Å²) in [6.07, 6.45) is 2.09. The zero-order valence-electron chi connectivity index (χ0n) is 15.4. The molecule has 1 fully saturated rings. The Morgan fingerprint density at radius 2 is 1.89 bits per heavy atom. The molecule has 8 heteroatoms. The lowest BCUT2D eigenvalue weighted by Gasteiger charge is -2.31. The number of esters is 1. The molecule has 1 aromatic heterocycles. The molecule has 3 rings (SSSR count). The third-order valence-electron chi connectivity index (χ3n) is 4.96. The Morgan fingerprint density at radius 3 is 2.50 bits per heavy atom. The maximum absolute atomic E-state index is 14.5. The third-order valence-corrected chi connectivity index (χ3v) is 5.39. The highest BCUT2D eigenvalue weighted by Gasteiger charge is 2.23. The molecule has 0 atom stereocenters. The van der Waals surface area contributed by atoms with Gasteiger partial charge in [-0.25, -0.2) is 9.37 Å². The van der Waals surface area contributed by atoms with Gasteiger partial charge in [-0.1, -0.05) is 23.2 Å². The second-order valence-electron chi connectivity index (χ2n) is 6.96. The first kappa shape index (κ1) is 20.8. The molecular formula is C20H21Cl2FN2O3. The molecule has 1 saturated heterocycles. The van der Waals surface area contributed by atoms with Crippen molar-refractivity contribution in [3.05, 3.63) is 45.7 Å². The van der Waals surface area contributed by atoms with Gasteiger partial charge >= 0.3 is 5.97 Å². The van der Waals surface area contributed by atoms with Crippen LogP contribution in [0, 0.1) is 11.7 Å². The summed E-state index contributed by atoms with van der Waals surface area (Å²) in [5, 5.41) is 10.8. The van der Waals surface area contributed by atoms with E-state index in [4.69, 9.17) is 27.9 Å². The molecule has 0 saturated carbocycles. The fourth-order valence-electron chi connectivity index (χ4n) is 3.44. The first-order valence-corrected chi connectivity index (χ1v) is 9.75. The van der Waals surface area contributed by atoms with E-state index in [9.17, 15) is 14.3 Å². The molecule has 1 aliphatic heterocycles. The topological polar surface area (TPSA) is 62.7 Å². The Balaban J connectivity index is 1.74. The summed E-state index contributed by atoms with van der Waals surface area (Å²) < 4.78 is 19.2. The number of carbonyl (C=O) groups is 1. The van der Waals surface area contributed by atoms with Crippen LogP contribution in [0.2, 0.25) is 10.0 Å². The van der Waals surface area contributed by atoms with E-state index in [-0.39, 0.29) is 11.9 Å².